The summed E-state index contributed by atoms with van der Waals surface area (Å²) in [5.41, 5.74) is 1.95. The second-order valence-corrected chi connectivity index (χ2v) is 15.2. The van der Waals surface area contributed by atoms with E-state index in [4.69, 9.17) is 10.5 Å². The Kier molecular flexibility index (Phi) is 8.05. The molecule has 11 nitrogen and oxygen atoms in total. The van der Waals surface area contributed by atoms with Crippen LogP contribution < -0.4 is 21.7 Å². The van der Waals surface area contributed by atoms with Gasteiger partial charge in [-0.3, -0.25) is 19.2 Å². The molecule has 242 valence electrons. The number of nitrogens with one attached hydrogen (secondary N) is 3. The first kappa shape index (κ1) is 32.8. The molecule has 0 bridgehead atoms. The number of hydrogen-bond donors (Lipinski definition) is 4. The first-order valence-electron chi connectivity index (χ1n) is 14.7. The Balaban J connectivity index is 1.48. The summed E-state index contributed by atoms with van der Waals surface area (Å²) < 4.78 is 44.6. The van der Waals surface area contributed by atoms with Gasteiger partial charge in [0.1, 0.15) is 24.7 Å². The number of halogens is 3. The predicted molar refractivity (Wildman–Crippen MR) is 148 cm³/mol. The maximum Gasteiger partial charge on any atom is 0.407 e. The van der Waals surface area contributed by atoms with Gasteiger partial charge >= 0.3 is 12.3 Å². The zero-order valence-corrected chi connectivity index (χ0v) is 25.8. The SMILES string of the molecule is CC(C)(C)[C@H](NC(=O)OCC(C)(C)C(F)(F)F)C(=O)N1C[C@H]2[C@@H]([C@H]1C(=O)N[C@@H](C[C@@H]1CC3(CC3)NC1=O)C(N)=O)C2(C)C. The Morgan fingerprint density at radius 2 is 1.70 bits per heavy atom. The van der Waals surface area contributed by atoms with Gasteiger partial charge in [-0.05, 0) is 62.2 Å². The number of primary amides is 1. The summed E-state index contributed by atoms with van der Waals surface area (Å²) in [7, 11) is 0. The van der Waals surface area contributed by atoms with Gasteiger partial charge in [0, 0.05) is 18.0 Å². The average Bonchev–Trinajstić information content (AvgIpc) is 3.57. The van der Waals surface area contributed by atoms with Crippen molar-refractivity contribution in [2.24, 2.45) is 39.7 Å². The summed E-state index contributed by atoms with van der Waals surface area (Å²) in [6.07, 6.45) is -3.45. The molecule has 0 aromatic rings. The molecule has 4 aliphatic rings. The average molecular weight is 616 g/mol. The lowest BCUT2D eigenvalue weighted by Gasteiger charge is -2.38. The van der Waals surface area contributed by atoms with E-state index in [-0.39, 0.29) is 41.7 Å². The molecule has 6 atom stereocenters. The lowest BCUT2D eigenvalue weighted by Crippen LogP contribution is -2.60. The molecule has 43 heavy (non-hydrogen) atoms. The van der Waals surface area contributed by atoms with Crippen LogP contribution in [0.15, 0.2) is 0 Å². The monoisotopic (exact) mass is 615 g/mol. The third kappa shape index (κ3) is 6.43. The number of alkyl carbamates (subject to hydrolysis) is 1. The van der Waals surface area contributed by atoms with Gasteiger partial charge in [0.25, 0.3) is 0 Å². The third-order valence-electron chi connectivity index (χ3n) is 9.90. The smallest absolute Gasteiger partial charge is 0.407 e. The van der Waals surface area contributed by atoms with Crippen molar-refractivity contribution in [2.45, 2.75) is 104 Å². The number of ether oxygens (including phenoxy) is 1. The van der Waals surface area contributed by atoms with Crippen molar-refractivity contribution in [3.63, 3.8) is 0 Å². The number of hydrogen-bond acceptors (Lipinski definition) is 6. The van der Waals surface area contributed by atoms with Gasteiger partial charge in [0.2, 0.25) is 23.6 Å². The van der Waals surface area contributed by atoms with Crippen molar-refractivity contribution < 1.29 is 41.9 Å². The number of amides is 5. The zero-order chi connectivity index (χ0) is 32.5. The second kappa shape index (κ2) is 10.5. The van der Waals surface area contributed by atoms with Gasteiger partial charge in [-0.2, -0.15) is 13.2 Å². The summed E-state index contributed by atoms with van der Waals surface area (Å²) in [5, 5.41) is 8.08. The number of fused-ring (bicyclic) bond motifs is 1. The lowest BCUT2D eigenvalue weighted by atomic mass is 9.85. The summed E-state index contributed by atoms with van der Waals surface area (Å²) in [6.45, 7) is 10.0. The Bertz CT molecular complexity index is 1190. The van der Waals surface area contributed by atoms with Crippen LogP contribution in [-0.2, 0) is 23.9 Å². The zero-order valence-electron chi connectivity index (χ0n) is 25.8. The standard InChI is InChI=1S/C29H44F3N5O6/c1-25(2,3)19(35-24(42)43-13-26(4,5)29(30,31)32)23(41)37-12-15-17(27(15,6)7)18(37)22(40)34-16(20(33)38)10-14-11-28(8-9-28)36-21(14)39/h14-19H,8-13H2,1-7H3,(H2,33,38)(H,34,40)(H,35,42)(H,36,39)/t14-,15+,16+,17+,18+,19-/m1/s1. The van der Waals surface area contributed by atoms with E-state index in [9.17, 15) is 37.1 Å². The molecule has 4 fully saturated rings. The van der Waals surface area contributed by atoms with E-state index in [0.29, 0.717) is 6.42 Å². The van der Waals surface area contributed by atoms with Gasteiger partial charge in [-0.1, -0.05) is 34.6 Å². The van der Waals surface area contributed by atoms with Crippen molar-refractivity contribution >= 4 is 29.7 Å². The van der Waals surface area contributed by atoms with Crippen molar-refractivity contribution in [2.75, 3.05) is 13.2 Å². The molecular weight excluding hydrogens is 571 g/mol. The molecule has 1 spiro atoms. The molecule has 4 rings (SSSR count). The number of rotatable bonds is 9. The van der Waals surface area contributed by atoms with E-state index >= 15 is 0 Å². The Morgan fingerprint density at radius 1 is 1.09 bits per heavy atom. The molecule has 2 saturated carbocycles. The van der Waals surface area contributed by atoms with Crippen LogP contribution in [-0.4, -0.2) is 77.6 Å². The molecule has 14 heteroatoms. The Hall–Kier alpha value is -3.06. The van der Waals surface area contributed by atoms with Crippen molar-refractivity contribution in [1.82, 2.24) is 20.9 Å². The number of nitrogens with zero attached hydrogens (tertiary/aromatic N) is 1. The van der Waals surface area contributed by atoms with Gasteiger partial charge in [-0.25, -0.2) is 4.79 Å². The molecule has 0 aromatic heterocycles. The van der Waals surface area contributed by atoms with Crippen molar-refractivity contribution in [3.05, 3.63) is 0 Å². The van der Waals surface area contributed by atoms with Crippen LogP contribution in [0.4, 0.5) is 18.0 Å². The highest BCUT2D eigenvalue weighted by molar-refractivity contribution is 5.95. The van der Waals surface area contributed by atoms with Crippen molar-refractivity contribution in [3.8, 4) is 0 Å². The first-order chi connectivity index (χ1) is 19.5. The number of carbonyl (C=O) groups is 5. The molecule has 0 aromatic carbocycles. The molecule has 2 heterocycles. The quantitative estimate of drug-likeness (QED) is 0.311. The van der Waals surface area contributed by atoms with E-state index in [0.717, 1.165) is 26.7 Å². The van der Waals surface area contributed by atoms with Gasteiger partial charge < -0.3 is 31.3 Å². The number of carbonyl (C=O) groups excluding carboxylic acids is 5. The maximum absolute atomic E-state index is 14.0. The van der Waals surface area contributed by atoms with Gasteiger partial charge in [0.05, 0.1) is 5.41 Å². The Morgan fingerprint density at radius 3 is 2.19 bits per heavy atom. The van der Waals surface area contributed by atoms with Crippen LogP contribution in [0.1, 0.15) is 74.1 Å². The molecule has 5 amide bonds. The van der Waals surface area contributed by atoms with Crippen LogP contribution in [0, 0.1) is 34.0 Å². The Labute approximate surface area is 249 Å². The highest BCUT2D eigenvalue weighted by atomic mass is 19.4. The molecule has 2 aliphatic carbocycles. The van der Waals surface area contributed by atoms with Crippen LogP contribution in [0.5, 0.6) is 0 Å². The maximum atomic E-state index is 14.0. The highest BCUT2D eigenvalue weighted by Crippen LogP contribution is 2.65. The topological polar surface area (TPSA) is 160 Å². The van der Waals surface area contributed by atoms with Crippen LogP contribution in [0.3, 0.4) is 0 Å². The minimum atomic E-state index is -4.61. The van der Waals surface area contributed by atoms with E-state index in [2.05, 4.69) is 16.0 Å². The van der Waals surface area contributed by atoms with Crippen molar-refractivity contribution in [1.29, 1.82) is 0 Å². The largest absolute Gasteiger partial charge is 0.449 e. The number of piperidine rings is 1. The number of nitrogens with two attached hydrogens (primary N) is 1. The van der Waals surface area contributed by atoms with Gasteiger partial charge in [-0.15, -0.1) is 0 Å². The van der Waals surface area contributed by atoms with E-state index in [1.807, 2.05) is 13.8 Å². The lowest BCUT2D eigenvalue weighted by molar-refractivity contribution is -0.221. The minimum absolute atomic E-state index is 0.0188. The summed E-state index contributed by atoms with van der Waals surface area (Å²) in [6, 6.07) is -3.33. The fourth-order valence-corrected chi connectivity index (χ4v) is 6.55. The first-order valence-corrected chi connectivity index (χ1v) is 14.7. The summed E-state index contributed by atoms with van der Waals surface area (Å²) in [4.78, 5) is 66.6. The number of likely N-dealkylation sites (tertiary alicyclic amines) is 1. The second-order valence-electron chi connectivity index (χ2n) is 15.2. The van der Waals surface area contributed by atoms with Gasteiger partial charge in [0.15, 0.2) is 0 Å². The molecular formula is C29H44F3N5O6. The third-order valence-corrected chi connectivity index (χ3v) is 9.90. The fraction of sp³-hybridized carbons (Fsp3) is 0.828. The van der Waals surface area contributed by atoms with Crippen LogP contribution >= 0.6 is 0 Å². The highest BCUT2D eigenvalue weighted by Gasteiger charge is 2.70. The minimum Gasteiger partial charge on any atom is -0.449 e. The summed E-state index contributed by atoms with van der Waals surface area (Å²) in [5.74, 6) is -2.87. The van der Waals surface area contributed by atoms with Crippen LogP contribution in [0.2, 0.25) is 0 Å². The summed E-state index contributed by atoms with van der Waals surface area (Å²) >= 11 is 0. The van der Waals surface area contributed by atoms with E-state index in [1.54, 1.807) is 20.8 Å². The van der Waals surface area contributed by atoms with E-state index in [1.165, 1.54) is 4.90 Å². The molecule has 2 saturated heterocycles. The molecule has 0 unspecified atom stereocenters. The fourth-order valence-electron chi connectivity index (χ4n) is 6.55. The van der Waals surface area contributed by atoms with Crippen LogP contribution in [0.25, 0.3) is 0 Å². The predicted octanol–water partition coefficient (Wildman–Crippen LogP) is 2.23. The molecule has 2 aliphatic heterocycles. The van der Waals surface area contributed by atoms with E-state index < -0.39 is 71.5 Å². The number of alkyl halides is 3. The molecule has 5 N–H and O–H groups in total. The normalized spacial score (nSPS) is 28.4. The molecule has 0 radical (unpaired) electrons.